The van der Waals surface area contributed by atoms with Crippen LogP contribution in [0.5, 0.6) is 0 Å². The van der Waals surface area contributed by atoms with Crippen LogP contribution in [-0.4, -0.2) is 29.5 Å². The number of fused-ring (bicyclic) bond motifs is 1. The molecule has 3 N–H and O–H groups in total. The van der Waals surface area contributed by atoms with E-state index in [1.807, 2.05) is 50.2 Å². The molecule has 0 bridgehead atoms. The third-order valence-electron chi connectivity index (χ3n) is 5.08. The number of amides is 3. The molecule has 1 unspecified atom stereocenters. The van der Waals surface area contributed by atoms with Gasteiger partial charge in [0.25, 0.3) is 0 Å². The van der Waals surface area contributed by atoms with Gasteiger partial charge < -0.3 is 20.5 Å². The number of rotatable bonds is 4. The van der Waals surface area contributed by atoms with E-state index in [2.05, 4.69) is 27.8 Å². The Kier molecular flexibility index (Phi) is 4.77. The highest BCUT2D eigenvalue weighted by atomic mass is 16.2. The van der Waals surface area contributed by atoms with Crippen LogP contribution in [0.15, 0.2) is 48.5 Å². The summed E-state index contributed by atoms with van der Waals surface area (Å²) in [5.74, 6) is 0.0300. The molecule has 0 saturated carbocycles. The summed E-state index contributed by atoms with van der Waals surface area (Å²) >= 11 is 0. The Bertz CT molecular complexity index is 1020. The minimum atomic E-state index is -0.256. The van der Waals surface area contributed by atoms with E-state index in [1.165, 1.54) is 0 Å². The van der Waals surface area contributed by atoms with Crippen LogP contribution in [0.4, 0.5) is 10.5 Å². The Hall–Kier alpha value is -3.28. The Labute approximate surface area is 163 Å². The highest BCUT2D eigenvalue weighted by Gasteiger charge is 2.31. The minimum absolute atomic E-state index is 0.0300. The van der Waals surface area contributed by atoms with Crippen LogP contribution in [0.25, 0.3) is 10.9 Å². The number of aryl methyl sites for hydroxylation is 2. The van der Waals surface area contributed by atoms with Crippen LogP contribution >= 0.6 is 0 Å². The van der Waals surface area contributed by atoms with Crippen molar-refractivity contribution >= 4 is 28.5 Å². The Morgan fingerprint density at radius 2 is 1.93 bits per heavy atom. The molecule has 2 aromatic carbocycles. The van der Waals surface area contributed by atoms with Gasteiger partial charge in [-0.1, -0.05) is 23.8 Å². The number of carbonyl (C=O) groups is 2. The molecule has 1 saturated heterocycles. The van der Waals surface area contributed by atoms with Gasteiger partial charge in [-0.2, -0.15) is 0 Å². The first-order valence-electron chi connectivity index (χ1n) is 9.47. The van der Waals surface area contributed by atoms with Gasteiger partial charge in [0, 0.05) is 36.4 Å². The first-order valence-corrected chi connectivity index (χ1v) is 9.47. The van der Waals surface area contributed by atoms with Crippen molar-refractivity contribution in [1.82, 2.24) is 15.6 Å². The Morgan fingerprint density at radius 1 is 1.14 bits per heavy atom. The summed E-state index contributed by atoms with van der Waals surface area (Å²) in [6, 6.07) is 15.6. The number of benzene rings is 2. The van der Waals surface area contributed by atoms with Crippen molar-refractivity contribution in [3.8, 4) is 0 Å². The van der Waals surface area contributed by atoms with E-state index in [4.69, 9.17) is 0 Å². The minimum Gasteiger partial charge on any atom is -0.359 e. The van der Waals surface area contributed by atoms with Crippen molar-refractivity contribution < 1.29 is 9.59 Å². The number of hydrogen-bond donors (Lipinski definition) is 3. The molecular weight excluding hydrogens is 352 g/mol. The molecule has 1 atom stereocenters. The number of hydrogen-bond acceptors (Lipinski definition) is 2. The van der Waals surface area contributed by atoms with E-state index in [0.29, 0.717) is 19.5 Å². The summed E-state index contributed by atoms with van der Waals surface area (Å²) in [7, 11) is 0. The van der Waals surface area contributed by atoms with E-state index in [-0.39, 0.29) is 18.0 Å². The number of carbonyl (C=O) groups excluding carboxylic acids is 2. The molecule has 1 aliphatic heterocycles. The number of aromatic amines is 1. The van der Waals surface area contributed by atoms with Crippen molar-refractivity contribution in [1.29, 1.82) is 0 Å². The number of H-pyrrole nitrogens is 1. The second-order valence-electron chi connectivity index (χ2n) is 7.44. The van der Waals surface area contributed by atoms with Crippen LogP contribution in [0.2, 0.25) is 0 Å². The summed E-state index contributed by atoms with van der Waals surface area (Å²) < 4.78 is 0. The van der Waals surface area contributed by atoms with Crippen LogP contribution in [0, 0.1) is 13.8 Å². The lowest BCUT2D eigenvalue weighted by Crippen LogP contribution is -2.43. The molecule has 6 heteroatoms. The van der Waals surface area contributed by atoms with Gasteiger partial charge in [-0.25, -0.2) is 4.79 Å². The SMILES string of the molecule is Cc1ccc(N2CC(NC(=O)NCc3ccc4[nH]c(C)cc4c3)CC2=O)cc1. The number of nitrogens with one attached hydrogen (secondary N) is 3. The van der Waals surface area contributed by atoms with E-state index < -0.39 is 0 Å². The smallest absolute Gasteiger partial charge is 0.315 e. The van der Waals surface area contributed by atoms with E-state index in [9.17, 15) is 9.59 Å². The average molecular weight is 376 g/mol. The maximum absolute atomic E-state index is 12.3. The molecule has 28 heavy (non-hydrogen) atoms. The molecule has 3 amide bonds. The molecule has 3 aromatic rings. The van der Waals surface area contributed by atoms with Gasteiger partial charge in [-0.15, -0.1) is 0 Å². The predicted molar refractivity (Wildman–Crippen MR) is 110 cm³/mol. The standard InChI is InChI=1S/C22H24N4O2/c1-14-3-6-19(7-4-14)26-13-18(11-21(26)27)25-22(28)23-12-16-5-8-20-17(10-16)9-15(2)24-20/h3-10,18,24H,11-13H2,1-2H3,(H2,23,25,28). The summed E-state index contributed by atoms with van der Waals surface area (Å²) in [4.78, 5) is 29.6. The summed E-state index contributed by atoms with van der Waals surface area (Å²) in [5, 5.41) is 6.93. The third kappa shape index (κ3) is 3.86. The van der Waals surface area contributed by atoms with Gasteiger partial charge in [-0.05, 0) is 55.1 Å². The van der Waals surface area contributed by atoms with Crippen LogP contribution in [0.1, 0.15) is 23.2 Å². The van der Waals surface area contributed by atoms with E-state index in [0.717, 1.165) is 33.4 Å². The Morgan fingerprint density at radius 3 is 2.71 bits per heavy atom. The summed E-state index contributed by atoms with van der Waals surface area (Å²) in [5.41, 5.74) is 5.26. The summed E-state index contributed by atoms with van der Waals surface area (Å²) in [6.07, 6.45) is 0.315. The van der Waals surface area contributed by atoms with Gasteiger partial charge in [0.1, 0.15) is 0 Å². The lowest BCUT2D eigenvalue weighted by atomic mass is 10.1. The average Bonchev–Trinajstić information content (AvgIpc) is 3.21. The van der Waals surface area contributed by atoms with Crippen LogP contribution in [-0.2, 0) is 11.3 Å². The highest BCUT2D eigenvalue weighted by Crippen LogP contribution is 2.22. The van der Waals surface area contributed by atoms with Crippen LogP contribution in [0.3, 0.4) is 0 Å². The van der Waals surface area contributed by atoms with Crippen molar-refractivity contribution in [2.24, 2.45) is 0 Å². The topological polar surface area (TPSA) is 77.2 Å². The molecule has 1 aromatic heterocycles. The zero-order valence-corrected chi connectivity index (χ0v) is 16.1. The molecule has 0 aliphatic carbocycles. The zero-order chi connectivity index (χ0) is 19.7. The molecule has 1 fully saturated rings. The Balaban J connectivity index is 1.32. The van der Waals surface area contributed by atoms with Crippen molar-refractivity contribution in [2.45, 2.75) is 32.9 Å². The molecule has 1 aliphatic rings. The fraction of sp³-hybridized carbons (Fsp3) is 0.273. The third-order valence-corrected chi connectivity index (χ3v) is 5.08. The van der Waals surface area contributed by atoms with Crippen molar-refractivity contribution in [3.63, 3.8) is 0 Å². The van der Waals surface area contributed by atoms with Crippen molar-refractivity contribution in [3.05, 3.63) is 65.4 Å². The largest absolute Gasteiger partial charge is 0.359 e. The van der Waals surface area contributed by atoms with E-state index >= 15 is 0 Å². The second kappa shape index (κ2) is 7.38. The molecule has 4 rings (SSSR count). The van der Waals surface area contributed by atoms with Gasteiger partial charge in [0.15, 0.2) is 0 Å². The monoisotopic (exact) mass is 376 g/mol. The number of nitrogens with zero attached hydrogens (tertiary/aromatic N) is 1. The predicted octanol–water partition coefficient (Wildman–Crippen LogP) is 3.39. The zero-order valence-electron chi connectivity index (χ0n) is 16.1. The van der Waals surface area contributed by atoms with Gasteiger partial charge in [0.05, 0.1) is 6.04 Å². The first kappa shape index (κ1) is 18.1. The second-order valence-corrected chi connectivity index (χ2v) is 7.44. The normalized spacial score (nSPS) is 16.6. The fourth-order valence-electron chi connectivity index (χ4n) is 3.63. The summed E-state index contributed by atoms with van der Waals surface area (Å²) in [6.45, 7) is 4.96. The lowest BCUT2D eigenvalue weighted by molar-refractivity contribution is -0.117. The van der Waals surface area contributed by atoms with Gasteiger partial charge in [0.2, 0.25) is 5.91 Å². The molecule has 144 valence electrons. The number of anilines is 1. The molecule has 6 nitrogen and oxygen atoms in total. The van der Waals surface area contributed by atoms with E-state index in [1.54, 1.807) is 4.90 Å². The fourth-order valence-corrected chi connectivity index (χ4v) is 3.63. The highest BCUT2D eigenvalue weighted by molar-refractivity contribution is 5.96. The first-order chi connectivity index (χ1) is 13.5. The van der Waals surface area contributed by atoms with Gasteiger partial charge >= 0.3 is 6.03 Å². The van der Waals surface area contributed by atoms with Crippen LogP contribution < -0.4 is 15.5 Å². The molecule has 2 heterocycles. The maximum atomic E-state index is 12.3. The molecular formula is C22H24N4O2. The lowest BCUT2D eigenvalue weighted by Gasteiger charge is -2.17. The maximum Gasteiger partial charge on any atom is 0.315 e. The molecule has 0 spiro atoms. The quantitative estimate of drug-likeness (QED) is 0.653. The number of aromatic nitrogens is 1. The van der Waals surface area contributed by atoms with Gasteiger partial charge in [-0.3, -0.25) is 4.79 Å². The molecule has 0 radical (unpaired) electrons. The number of urea groups is 1. The van der Waals surface area contributed by atoms with Crippen molar-refractivity contribution in [2.75, 3.05) is 11.4 Å².